The van der Waals surface area contributed by atoms with Gasteiger partial charge in [0.1, 0.15) is 17.0 Å². The van der Waals surface area contributed by atoms with E-state index in [4.69, 9.17) is 21.1 Å². The van der Waals surface area contributed by atoms with Gasteiger partial charge in [0, 0.05) is 55.4 Å². The third kappa shape index (κ3) is 3.89. The Labute approximate surface area is 199 Å². The predicted molar refractivity (Wildman–Crippen MR) is 129 cm³/mol. The Morgan fingerprint density at radius 1 is 1.11 bits per heavy atom. The molecule has 0 aliphatic carbocycles. The van der Waals surface area contributed by atoms with Gasteiger partial charge in [0.2, 0.25) is 5.82 Å². The van der Waals surface area contributed by atoms with Crippen LogP contribution in [0.15, 0.2) is 48.1 Å². The number of pyridine rings is 1. The number of ether oxygens (including phenoxy) is 1. The molecule has 0 unspecified atom stereocenters. The molecule has 176 valence electrons. The fraction of sp³-hybridized carbons (Fsp3) is 0.227. The summed E-state index contributed by atoms with van der Waals surface area (Å²) in [5.74, 6) is 1.86. The molecule has 0 radical (unpaired) electrons. The highest BCUT2D eigenvalue weighted by Gasteiger charge is 2.25. The molecule has 0 spiro atoms. The van der Waals surface area contributed by atoms with Gasteiger partial charge in [-0.15, -0.1) is 5.10 Å². The lowest BCUT2D eigenvalue weighted by molar-refractivity contribution is 0.328. The van der Waals surface area contributed by atoms with Crippen molar-refractivity contribution in [1.82, 2.24) is 38.9 Å². The fourth-order valence-electron chi connectivity index (χ4n) is 4.01. The van der Waals surface area contributed by atoms with E-state index in [2.05, 4.69) is 30.1 Å². The van der Waals surface area contributed by atoms with Crippen molar-refractivity contribution in [2.45, 2.75) is 6.92 Å². The van der Waals surface area contributed by atoms with E-state index in [1.807, 2.05) is 50.1 Å². The number of hydrogen-bond acceptors (Lipinski definition) is 8. The summed E-state index contributed by atoms with van der Waals surface area (Å²) in [6, 6.07) is 5.47. The molecule has 5 aromatic rings. The molecule has 0 fully saturated rings. The van der Waals surface area contributed by atoms with Gasteiger partial charge in [0.05, 0.1) is 24.5 Å². The minimum Gasteiger partial charge on any atom is -0.493 e. The average Bonchev–Trinajstić information content (AvgIpc) is 3.54. The van der Waals surface area contributed by atoms with Crippen LogP contribution in [0.1, 0.15) is 5.56 Å². The second-order valence-corrected chi connectivity index (χ2v) is 7.85. The summed E-state index contributed by atoms with van der Waals surface area (Å²) in [5, 5.41) is 12.9. The maximum absolute atomic E-state index is 8.48. The van der Waals surface area contributed by atoms with Crippen molar-refractivity contribution >= 4 is 11.3 Å². The van der Waals surface area contributed by atoms with Crippen LogP contribution in [0.3, 0.4) is 0 Å². The number of imidazole rings is 1. The van der Waals surface area contributed by atoms with Gasteiger partial charge in [0.15, 0.2) is 11.6 Å². The van der Waals surface area contributed by atoms with Crippen LogP contribution in [0.25, 0.3) is 50.3 Å². The van der Waals surface area contributed by atoms with Gasteiger partial charge >= 0.3 is 0 Å². The first-order valence-corrected chi connectivity index (χ1v) is 10.7. The highest BCUT2D eigenvalue weighted by Crippen LogP contribution is 2.39. The van der Waals surface area contributed by atoms with Crippen molar-refractivity contribution in [2.75, 3.05) is 18.9 Å². The van der Waals surface area contributed by atoms with E-state index in [0.717, 1.165) is 16.8 Å². The van der Waals surface area contributed by atoms with Crippen LogP contribution in [0.2, 0.25) is 0 Å². The van der Waals surface area contributed by atoms with E-state index in [1.165, 1.54) is 0 Å². The third-order valence-electron chi connectivity index (χ3n) is 5.54. The number of fused-ring (bicyclic) bond motifs is 1. The van der Waals surface area contributed by atoms with Crippen LogP contribution in [0, 0.1) is 6.92 Å². The van der Waals surface area contributed by atoms with Gasteiger partial charge in [-0.25, -0.2) is 14.5 Å². The Hall–Kier alpha value is -4.90. The average molecular weight is 471 g/mol. The third-order valence-corrected chi connectivity index (χ3v) is 5.54. The van der Waals surface area contributed by atoms with Crippen molar-refractivity contribution in [3.8, 4) is 40.0 Å². The maximum atomic E-state index is 8.48. The second kappa shape index (κ2) is 8.80. The molecule has 0 saturated heterocycles. The van der Waals surface area contributed by atoms with Crippen LogP contribution in [-0.2, 0) is 14.1 Å². The van der Waals surface area contributed by atoms with Crippen LogP contribution < -0.4 is 10.5 Å². The van der Waals surface area contributed by atoms with Gasteiger partial charge in [-0.05, 0) is 30.2 Å². The molecule has 0 saturated carbocycles. The zero-order chi connectivity index (χ0) is 24.5. The first-order valence-electron chi connectivity index (χ1n) is 10.7. The minimum atomic E-state index is 0.220. The Morgan fingerprint density at radius 2 is 1.97 bits per heavy atom. The molecule has 13 heteroatoms. The van der Waals surface area contributed by atoms with Crippen molar-refractivity contribution < 1.29 is 4.74 Å². The Morgan fingerprint density at radius 3 is 2.69 bits per heavy atom. The Kier molecular flexibility index (Phi) is 5.51. The normalized spacial score (nSPS) is 11.1. The quantitative estimate of drug-likeness (QED) is 0.165. The largest absolute Gasteiger partial charge is 0.493 e. The molecule has 13 nitrogen and oxygen atoms in total. The zero-order valence-corrected chi connectivity index (χ0v) is 19.4. The zero-order valence-electron chi connectivity index (χ0n) is 19.4. The number of aryl methyl sites for hydroxylation is 3. The summed E-state index contributed by atoms with van der Waals surface area (Å²) in [6.45, 7) is 2.42. The molecule has 5 aromatic heterocycles. The summed E-state index contributed by atoms with van der Waals surface area (Å²) in [6.07, 6.45) is 7.02. The fourth-order valence-corrected chi connectivity index (χ4v) is 4.01. The van der Waals surface area contributed by atoms with Crippen molar-refractivity contribution in [1.29, 1.82) is 0 Å². The van der Waals surface area contributed by atoms with Gasteiger partial charge in [-0.3, -0.25) is 9.67 Å². The lowest BCUT2D eigenvalue weighted by Crippen LogP contribution is -2.07. The maximum Gasteiger partial charge on any atom is 0.218 e. The monoisotopic (exact) mass is 470 g/mol. The molecule has 0 bridgehead atoms. The van der Waals surface area contributed by atoms with Gasteiger partial charge in [-0.2, -0.15) is 5.10 Å². The van der Waals surface area contributed by atoms with E-state index < -0.39 is 0 Å². The number of hydrogen-bond donors (Lipinski definition) is 1. The number of anilines is 1. The number of nitrogens with zero attached hydrogens (tertiary/aromatic N) is 11. The Bertz CT molecular complexity index is 1590. The lowest BCUT2D eigenvalue weighted by atomic mass is 10.1. The predicted octanol–water partition coefficient (Wildman–Crippen LogP) is 3.17. The number of aromatic nitrogens is 8. The lowest BCUT2D eigenvalue weighted by Gasteiger charge is -2.09. The summed E-state index contributed by atoms with van der Waals surface area (Å²) in [7, 11) is 3.73. The van der Waals surface area contributed by atoms with E-state index in [0.29, 0.717) is 40.1 Å². The second-order valence-electron chi connectivity index (χ2n) is 7.85. The molecule has 0 aliphatic rings. The molecular weight excluding hydrogens is 448 g/mol. The van der Waals surface area contributed by atoms with Gasteiger partial charge in [-0.1, -0.05) is 5.11 Å². The van der Waals surface area contributed by atoms with Crippen molar-refractivity contribution in [2.24, 2.45) is 19.2 Å². The molecule has 0 aromatic carbocycles. The van der Waals surface area contributed by atoms with Gasteiger partial charge < -0.3 is 15.0 Å². The standard InChI is InChI=1S/C22H22N12O/c1-13-17(15-5-9-33(3)29-15)19(16-12-14(4-6-25-16)35-11-8-27-31-24)34-18(13)20(23)28-21(30-34)22-26-7-10-32(22)2/h4-7,9-10,12H,8,11H2,1-3H3,(H2,23,28,30). The van der Waals surface area contributed by atoms with Crippen LogP contribution in [0.4, 0.5) is 5.82 Å². The summed E-state index contributed by atoms with van der Waals surface area (Å²) in [4.78, 5) is 16.3. The molecular formula is C22H22N12O. The van der Waals surface area contributed by atoms with Gasteiger partial charge in [0.25, 0.3) is 0 Å². The first-order chi connectivity index (χ1) is 17.0. The molecule has 0 aliphatic heterocycles. The smallest absolute Gasteiger partial charge is 0.218 e. The summed E-state index contributed by atoms with van der Waals surface area (Å²) in [5.41, 5.74) is 19.4. The highest BCUT2D eigenvalue weighted by molar-refractivity contribution is 5.91. The number of azide groups is 1. The topological polar surface area (TPSA) is 163 Å². The molecule has 0 atom stereocenters. The molecule has 5 rings (SSSR count). The highest BCUT2D eigenvalue weighted by atomic mass is 16.5. The molecule has 2 N–H and O–H groups in total. The van der Waals surface area contributed by atoms with Crippen molar-refractivity contribution in [3.05, 3.63) is 59.0 Å². The van der Waals surface area contributed by atoms with Crippen LogP contribution in [0.5, 0.6) is 5.75 Å². The van der Waals surface area contributed by atoms with E-state index in [9.17, 15) is 0 Å². The van der Waals surface area contributed by atoms with Crippen molar-refractivity contribution in [3.63, 3.8) is 0 Å². The minimum absolute atomic E-state index is 0.220. The number of nitrogen functional groups attached to an aromatic ring is 1. The van der Waals surface area contributed by atoms with E-state index >= 15 is 0 Å². The Balaban J connectivity index is 1.75. The number of nitrogens with two attached hydrogens (primary N) is 1. The SMILES string of the molecule is Cc1c(-c2ccn(C)n2)c(-c2cc(OCCN=[N+]=[N-])ccn2)n2nc(-c3nccn3C)nc(N)c12. The molecule has 0 amide bonds. The van der Waals surface area contributed by atoms with E-state index in [1.54, 1.807) is 27.7 Å². The van der Waals surface area contributed by atoms with E-state index in [-0.39, 0.29) is 13.2 Å². The molecule has 5 heterocycles. The number of rotatable bonds is 7. The first kappa shape index (κ1) is 21.9. The summed E-state index contributed by atoms with van der Waals surface area (Å²) < 4.78 is 11.1. The van der Waals surface area contributed by atoms with Crippen LogP contribution in [-0.4, -0.2) is 52.1 Å². The summed E-state index contributed by atoms with van der Waals surface area (Å²) >= 11 is 0. The van der Waals surface area contributed by atoms with Crippen LogP contribution >= 0.6 is 0 Å². The molecule has 35 heavy (non-hydrogen) atoms.